The van der Waals surface area contributed by atoms with Gasteiger partial charge in [-0.1, -0.05) is 41.1 Å². The highest BCUT2D eigenvalue weighted by Crippen LogP contribution is 2.26. The fourth-order valence-corrected chi connectivity index (χ4v) is 4.37. The SMILES string of the molecule is Cc1ccc(CN2CCCC(COc3cccc(-c4nc(-c5ccc(C)nc5)no4)c3)C2)cc1. The van der Waals surface area contributed by atoms with E-state index in [1.165, 1.54) is 24.0 Å². The fourth-order valence-electron chi connectivity index (χ4n) is 4.37. The van der Waals surface area contributed by atoms with Crippen molar-refractivity contribution in [3.05, 3.63) is 83.7 Å². The Morgan fingerprint density at radius 1 is 1.03 bits per heavy atom. The van der Waals surface area contributed by atoms with Gasteiger partial charge in [0.2, 0.25) is 5.82 Å². The Morgan fingerprint density at radius 3 is 2.74 bits per heavy atom. The summed E-state index contributed by atoms with van der Waals surface area (Å²) >= 11 is 0. The molecule has 0 amide bonds. The zero-order valence-corrected chi connectivity index (χ0v) is 19.8. The first-order chi connectivity index (χ1) is 16.6. The molecule has 6 heteroatoms. The largest absolute Gasteiger partial charge is 0.493 e. The van der Waals surface area contributed by atoms with Crippen molar-refractivity contribution >= 4 is 0 Å². The first kappa shape index (κ1) is 22.3. The minimum atomic E-state index is 0.475. The van der Waals surface area contributed by atoms with Gasteiger partial charge in [-0.15, -0.1) is 0 Å². The Bertz CT molecular complexity index is 1220. The lowest BCUT2D eigenvalue weighted by Gasteiger charge is -2.32. The van der Waals surface area contributed by atoms with Crippen LogP contribution in [0.1, 0.15) is 29.7 Å². The van der Waals surface area contributed by atoms with Crippen molar-refractivity contribution in [2.75, 3.05) is 19.7 Å². The summed E-state index contributed by atoms with van der Waals surface area (Å²) in [6.45, 7) is 8.00. The lowest BCUT2D eigenvalue weighted by Crippen LogP contribution is -2.37. The minimum absolute atomic E-state index is 0.475. The van der Waals surface area contributed by atoms with Crippen LogP contribution in [0.25, 0.3) is 22.8 Å². The lowest BCUT2D eigenvalue weighted by molar-refractivity contribution is 0.125. The summed E-state index contributed by atoms with van der Waals surface area (Å²) in [5.41, 5.74) is 5.31. The molecular formula is C28H30N4O2. The van der Waals surface area contributed by atoms with E-state index in [-0.39, 0.29) is 0 Å². The first-order valence-electron chi connectivity index (χ1n) is 11.9. The average molecular weight is 455 g/mol. The number of likely N-dealkylation sites (tertiary alicyclic amines) is 1. The van der Waals surface area contributed by atoms with E-state index in [4.69, 9.17) is 9.26 Å². The molecule has 5 rings (SSSR count). The molecule has 6 nitrogen and oxygen atoms in total. The zero-order chi connectivity index (χ0) is 23.3. The van der Waals surface area contributed by atoms with Crippen LogP contribution in [0, 0.1) is 19.8 Å². The molecule has 0 aliphatic carbocycles. The average Bonchev–Trinajstić information content (AvgIpc) is 3.36. The van der Waals surface area contributed by atoms with Gasteiger partial charge in [0.25, 0.3) is 5.89 Å². The van der Waals surface area contributed by atoms with E-state index in [0.29, 0.717) is 24.2 Å². The van der Waals surface area contributed by atoms with E-state index < -0.39 is 0 Å². The van der Waals surface area contributed by atoms with Gasteiger partial charge in [-0.2, -0.15) is 4.98 Å². The van der Waals surface area contributed by atoms with Gasteiger partial charge in [-0.05, 0) is 69.1 Å². The highest BCUT2D eigenvalue weighted by Gasteiger charge is 2.21. The van der Waals surface area contributed by atoms with E-state index in [0.717, 1.165) is 42.2 Å². The quantitative estimate of drug-likeness (QED) is 0.357. The van der Waals surface area contributed by atoms with Crippen LogP contribution in [0.15, 0.2) is 71.4 Å². The van der Waals surface area contributed by atoms with Gasteiger partial charge in [0.1, 0.15) is 5.75 Å². The topological polar surface area (TPSA) is 64.3 Å². The Kier molecular flexibility index (Phi) is 6.67. The van der Waals surface area contributed by atoms with E-state index in [1.807, 2.05) is 43.3 Å². The standard InChI is InChI=1S/C28H30N4O2/c1-20-8-11-22(12-9-20)17-32-14-4-5-23(18-32)19-33-26-7-3-6-24(15-26)28-30-27(31-34-28)25-13-10-21(2)29-16-25/h3,6-13,15-16,23H,4-5,14,17-19H2,1-2H3. The summed E-state index contributed by atoms with van der Waals surface area (Å²) in [5, 5.41) is 4.12. The molecule has 34 heavy (non-hydrogen) atoms. The normalized spacial score (nSPS) is 16.5. The lowest BCUT2D eigenvalue weighted by atomic mass is 9.98. The van der Waals surface area contributed by atoms with E-state index in [9.17, 15) is 0 Å². The van der Waals surface area contributed by atoms with Crippen LogP contribution in [-0.4, -0.2) is 39.7 Å². The maximum absolute atomic E-state index is 6.20. The third-order valence-corrected chi connectivity index (χ3v) is 6.29. The summed E-state index contributed by atoms with van der Waals surface area (Å²) < 4.78 is 11.7. The van der Waals surface area contributed by atoms with Crippen molar-refractivity contribution in [1.82, 2.24) is 20.0 Å². The van der Waals surface area contributed by atoms with Crippen LogP contribution >= 0.6 is 0 Å². The molecule has 1 atom stereocenters. The third kappa shape index (κ3) is 5.51. The molecule has 0 radical (unpaired) electrons. The number of nitrogens with zero attached hydrogens (tertiary/aromatic N) is 4. The maximum atomic E-state index is 6.20. The second-order valence-corrected chi connectivity index (χ2v) is 9.18. The number of hydrogen-bond donors (Lipinski definition) is 0. The van der Waals surface area contributed by atoms with Crippen LogP contribution in [0.5, 0.6) is 5.75 Å². The van der Waals surface area contributed by atoms with E-state index in [2.05, 4.69) is 51.2 Å². The predicted molar refractivity (Wildman–Crippen MR) is 132 cm³/mol. The smallest absolute Gasteiger partial charge is 0.258 e. The second kappa shape index (κ2) is 10.2. The Labute approximate surface area is 200 Å². The molecule has 0 bridgehead atoms. The number of rotatable bonds is 7. The summed E-state index contributed by atoms with van der Waals surface area (Å²) in [6, 6.07) is 20.6. The molecule has 1 fully saturated rings. The van der Waals surface area contributed by atoms with Crippen molar-refractivity contribution < 1.29 is 9.26 Å². The van der Waals surface area contributed by atoms with Gasteiger partial charge in [0.05, 0.1) is 6.61 Å². The molecule has 2 aromatic heterocycles. The van der Waals surface area contributed by atoms with Crippen LogP contribution < -0.4 is 4.74 Å². The van der Waals surface area contributed by atoms with Gasteiger partial charge in [-0.3, -0.25) is 9.88 Å². The molecule has 174 valence electrons. The molecule has 3 heterocycles. The molecule has 2 aromatic carbocycles. The van der Waals surface area contributed by atoms with E-state index >= 15 is 0 Å². The minimum Gasteiger partial charge on any atom is -0.493 e. The first-order valence-corrected chi connectivity index (χ1v) is 11.9. The molecule has 1 saturated heterocycles. The van der Waals surface area contributed by atoms with Gasteiger partial charge in [-0.25, -0.2) is 0 Å². The molecular weight excluding hydrogens is 424 g/mol. The number of hydrogen-bond acceptors (Lipinski definition) is 6. The second-order valence-electron chi connectivity index (χ2n) is 9.18. The Balaban J connectivity index is 1.19. The molecule has 0 N–H and O–H groups in total. The van der Waals surface area contributed by atoms with Crippen molar-refractivity contribution in [1.29, 1.82) is 0 Å². The van der Waals surface area contributed by atoms with Crippen LogP contribution in [0.2, 0.25) is 0 Å². The summed E-state index contributed by atoms with van der Waals surface area (Å²) in [6.07, 6.45) is 4.16. The van der Waals surface area contributed by atoms with Crippen molar-refractivity contribution in [2.45, 2.75) is 33.2 Å². The summed E-state index contributed by atoms with van der Waals surface area (Å²) in [5.74, 6) is 2.35. The molecule has 1 aliphatic heterocycles. The van der Waals surface area contributed by atoms with Crippen LogP contribution in [-0.2, 0) is 6.54 Å². The highest BCUT2D eigenvalue weighted by molar-refractivity contribution is 5.60. The molecule has 1 unspecified atom stereocenters. The number of ether oxygens (including phenoxy) is 1. The number of benzene rings is 2. The number of aryl methyl sites for hydroxylation is 2. The third-order valence-electron chi connectivity index (χ3n) is 6.29. The van der Waals surface area contributed by atoms with Crippen LogP contribution in [0.3, 0.4) is 0 Å². The molecule has 0 spiro atoms. The van der Waals surface area contributed by atoms with Gasteiger partial charge in [0, 0.05) is 42.0 Å². The van der Waals surface area contributed by atoms with Gasteiger partial charge in [0.15, 0.2) is 0 Å². The van der Waals surface area contributed by atoms with Gasteiger partial charge < -0.3 is 9.26 Å². The highest BCUT2D eigenvalue weighted by atomic mass is 16.5. The predicted octanol–water partition coefficient (Wildman–Crippen LogP) is 5.71. The fraction of sp³-hybridized carbons (Fsp3) is 0.321. The zero-order valence-electron chi connectivity index (χ0n) is 19.8. The van der Waals surface area contributed by atoms with Crippen molar-refractivity contribution in [3.63, 3.8) is 0 Å². The molecule has 4 aromatic rings. The Hall–Kier alpha value is -3.51. The van der Waals surface area contributed by atoms with Crippen molar-refractivity contribution in [2.24, 2.45) is 5.92 Å². The number of pyridine rings is 1. The summed E-state index contributed by atoms with van der Waals surface area (Å²) in [7, 11) is 0. The van der Waals surface area contributed by atoms with Crippen molar-refractivity contribution in [3.8, 4) is 28.6 Å². The monoisotopic (exact) mass is 454 g/mol. The number of aromatic nitrogens is 3. The van der Waals surface area contributed by atoms with E-state index in [1.54, 1.807) is 6.20 Å². The van der Waals surface area contributed by atoms with Gasteiger partial charge >= 0.3 is 0 Å². The molecule has 0 saturated carbocycles. The number of piperidine rings is 1. The molecule has 1 aliphatic rings. The summed E-state index contributed by atoms with van der Waals surface area (Å²) in [4.78, 5) is 11.4. The Morgan fingerprint density at radius 2 is 1.91 bits per heavy atom. The van der Waals surface area contributed by atoms with Crippen LogP contribution in [0.4, 0.5) is 0 Å². The maximum Gasteiger partial charge on any atom is 0.258 e.